The number of rotatable bonds is 5. The molecule has 2 rings (SSSR count). The Bertz CT molecular complexity index is 969. The molecule has 0 aliphatic rings. The van der Waals surface area contributed by atoms with Crippen LogP contribution in [0, 0.1) is 0 Å². The zero-order valence-corrected chi connectivity index (χ0v) is 15.0. The number of benzene rings is 2. The number of carbonyl (C=O) groups excluding carboxylic acids is 1. The first-order valence-corrected chi connectivity index (χ1v) is 8.97. The zero-order valence-electron chi connectivity index (χ0n) is 14.1. The van der Waals surface area contributed by atoms with E-state index >= 15 is 0 Å². The first-order valence-electron chi connectivity index (χ1n) is 7.56. The van der Waals surface area contributed by atoms with Crippen LogP contribution >= 0.6 is 0 Å². The summed E-state index contributed by atoms with van der Waals surface area (Å²) in [6, 6.07) is 4.29. The van der Waals surface area contributed by atoms with Gasteiger partial charge in [-0.25, -0.2) is 0 Å². The summed E-state index contributed by atoms with van der Waals surface area (Å²) in [5, 5.41) is 2.32. The summed E-state index contributed by atoms with van der Waals surface area (Å²) in [5.74, 6) is -1.73. The lowest BCUT2D eigenvalue weighted by Gasteiger charge is -2.15. The van der Waals surface area contributed by atoms with Gasteiger partial charge in [-0.15, -0.1) is 0 Å². The fourth-order valence-corrected chi connectivity index (χ4v) is 2.98. The van der Waals surface area contributed by atoms with Crippen LogP contribution in [0.3, 0.4) is 0 Å². The van der Waals surface area contributed by atoms with Crippen molar-refractivity contribution >= 4 is 21.7 Å². The SMILES string of the molecule is NCC(=O)Nc1ccc(S(=O)(=O)Oc2cc(C(F)(F)F)cc(C(F)(F)F)c2)cc1. The Hall–Kier alpha value is -2.80. The number of hydrogen-bond acceptors (Lipinski definition) is 5. The largest absolute Gasteiger partial charge is 0.416 e. The fourth-order valence-electron chi connectivity index (χ4n) is 2.07. The molecule has 0 saturated carbocycles. The van der Waals surface area contributed by atoms with Crippen molar-refractivity contribution in [3.63, 3.8) is 0 Å². The standard InChI is InChI=1S/C16H12F6N2O4S/c17-15(18,19)9-5-10(16(20,21)22)7-12(6-9)28-29(26,27)13-3-1-11(2-4-13)24-14(25)8-23/h1-7H,8,23H2,(H,24,25). The third kappa shape index (κ3) is 5.84. The molecule has 0 atom stereocenters. The molecule has 0 heterocycles. The molecule has 0 bridgehead atoms. The van der Waals surface area contributed by atoms with Gasteiger partial charge >= 0.3 is 22.5 Å². The molecule has 0 radical (unpaired) electrons. The van der Waals surface area contributed by atoms with Crippen LogP contribution in [0.25, 0.3) is 0 Å². The van der Waals surface area contributed by atoms with Crippen LogP contribution in [0.1, 0.15) is 11.1 Å². The minimum Gasteiger partial charge on any atom is -0.379 e. The molecule has 29 heavy (non-hydrogen) atoms. The molecule has 0 spiro atoms. The lowest BCUT2D eigenvalue weighted by atomic mass is 10.1. The van der Waals surface area contributed by atoms with E-state index in [-0.39, 0.29) is 30.4 Å². The van der Waals surface area contributed by atoms with Gasteiger partial charge in [0, 0.05) is 5.69 Å². The van der Waals surface area contributed by atoms with Crippen LogP contribution < -0.4 is 15.2 Å². The second-order valence-electron chi connectivity index (χ2n) is 5.56. The van der Waals surface area contributed by atoms with Crippen LogP contribution in [0.15, 0.2) is 47.4 Å². The summed E-state index contributed by atoms with van der Waals surface area (Å²) in [7, 11) is -4.76. The maximum atomic E-state index is 12.9. The van der Waals surface area contributed by atoms with Crippen LogP contribution in [-0.2, 0) is 27.3 Å². The van der Waals surface area contributed by atoms with Gasteiger partial charge in [0.15, 0.2) is 0 Å². The molecular weight excluding hydrogens is 430 g/mol. The Morgan fingerprint density at radius 1 is 0.931 bits per heavy atom. The summed E-state index contributed by atoms with van der Waals surface area (Å²) in [4.78, 5) is 10.6. The fraction of sp³-hybridized carbons (Fsp3) is 0.188. The summed E-state index contributed by atoms with van der Waals surface area (Å²) >= 11 is 0. The Morgan fingerprint density at radius 2 is 1.41 bits per heavy atom. The van der Waals surface area contributed by atoms with Gasteiger partial charge in [-0.2, -0.15) is 34.8 Å². The van der Waals surface area contributed by atoms with E-state index in [2.05, 4.69) is 9.50 Å². The van der Waals surface area contributed by atoms with E-state index in [9.17, 15) is 39.6 Å². The third-order valence-electron chi connectivity index (χ3n) is 3.38. The molecule has 0 aromatic heterocycles. The minimum atomic E-state index is -5.16. The van der Waals surface area contributed by atoms with E-state index in [0.29, 0.717) is 0 Å². The number of alkyl halides is 6. The highest BCUT2D eigenvalue weighted by atomic mass is 32.2. The van der Waals surface area contributed by atoms with Gasteiger partial charge in [-0.3, -0.25) is 4.79 Å². The van der Waals surface area contributed by atoms with Gasteiger partial charge < -0.3 is 15.2 Å². The molecule has 13 heteroatoms. The van der Waals surface area contributed by atoms with Gasteiger partial charge in [0.25, 0.3) is 0 Å². The smallest absolute Gasteiger partial charge is 0.379 e. The normalized spacial score (nSPS) is 12.5. The number of anilines is 1. The molecular formula is C16H12F6N2O4S. The van der Waals surface area contributed by atoms with Crippen molar-refractivity contribution in [3.8, 4) is 5.75 Å². The first kappa shape index (κ1) is 22.5. The summed E-state index contributed by atoms with van der Waals surface area (Å²) in [5.41, 5.74) is 1.82. The molecule has 158 valence electrons. The minimum absolute atomic E-state index is 0.141. The van der Waals surface area contributed by atoms with Crippen molar-refractivity contribution in [2.24, 2.45) is 5.73 Å². The lowest BCUT2D eigenvalue weighted by Crippen LogP contribution is -2.21. The highest BCUT2D eigenvalue weighted by Gasteiger charge is 2.37. The molecule has 6 nitrogen and oxygen atoms in total. The molecule has 0 unspecified atom stereocenters. The highest BCUT2D eigenvalue weighted by Crippen LogP contribution is 2.38. The van der Waals surface area contributed by atoms with Crippen molar-refractivity contribution < 1.29 is 43.7 Å². The zero-order chi connectivity index (χ0) is 22.0. The maximum Gasteiger partial charge on any atom is 0.416 e. The van der Waals surface area contributed by atoms with Crippen LogP contribution in [0.2, 0.25) is 0 Å². The maximum absolute atomic E-state index is 12.9. The van der Waals surface area contributed by atoms with Crippen molar-refractivity contribution in [2.45, 2.75) is 17.2 Å². The molecule has 0 fully saturated rings. The van der Waals surface area contributed by atoms with Gasteiger partial charge in [0.05, 0.1) is 17.7 Å². The Kier molecular flexibility index (Phi) is 6.13. The van der Waals surface area contributed by atoms with Gasteiger partial charge in [0.2, 0.25) is 5.91 Å². The van der Waals surface area contributed by atoms with E-state index < -0.39 is 50.1 Å². The monoisotopic (exact) mass is 442 g/mol. The Morgan fingerprint density at radius 3 is 1.83 bits per heavy atom. The van der Waals surface area contributed by atoms with Crippen molar-refractivity contribution in [2.75, 3.05) is 11.9 Å². The second-order valence-corrected chi connectivity index (χ2v) is 7.10. The van der Waals surface area contributed by atoms with E-state index in [1.165, 1.54) is 0 Å². The van der Waals surface area contributed by atoms with Crippen molar-refractivity contribution in [1.82, 2.24) is 0 Å². The lowest BCUT2D eigenvalue weighted by molar-refractivity contribution is -0.143. The molecule has 1 amide bonds. The van der Waals surface area contributed by atoms with E-state index in [1.54, 1.807) is 0 Å². The molecule has 3 N–H and O–H groups in total. The molecule has 2 aromatic rings. The second kappa shape index (κ2) is 7.91. The van der Waals surface area contributed by atoms with Gasteiger partial charge in [0.1, 0.15) is 10.6 Å². The molecule has 0 aliphatic heterocycles. The molecule has 0 saturated heterocycles. The number of carbonyl (C=O) groups is 1. The highest BCUT2D eigenvalue weighted by molar-refractivity contribution is 7.87. The number of amides is 1. The number of hydrogen-bond donors (Lipinski definition) is 2. The van der Waals surface area contributed by atoms with E-state index in [0.717, 1.165) is 24.3 Å². The topological polar surface area (TPSA) is 98.5 Å². The first-order chi connectivity index (χ1) is 13.2. The average Bonchev–Trinajstić information content (AvgIpc) is 2.60. The van der Waals surface area contributed by atoms with Crippen LogP contribution in [0.4, 0.5) is 32.0 Å². The van der Waals surface area contributed by atoms with Crippen molar-refractivity contribution in [3.05, 3.63) is 53.6 Å². The van der Waals surface area contributed by atoms with Crippen molar-refractivity contribution in [1.29, 1.82) is 0 Å². The quantitative estimate of drug-likeness (QED) is 0.547. The van der Waals surface area contributed by atoms with E-state index in [4.69, 9.17) is 5.73 Å². The number of nitrogens with one attached hydrogen (secondary N) is 1. The number of halogens is 6. The summed E-state index contributed by atoms with van der Waals surface area (Å²) in [6.45, 7) is -0.333. The van der Waals surface area contributed by atoms with Gasteiger partial charge in [-0.05, 0) is 42.5 Å². The molecule has 0 aliphatic carbocycles. The molecule has 2 aromatic carbocycles. The van der Waals surface area contributed by atoms with Crippen LogP contribution in [0.5, 0.6) is 5.75 Å². The predicted molar refractivity (Wildman–Crippen MR) is 88.4 cm³/mol. The van der Waals surface area contributed by atoms with Crippen LogP contribution in [-0.4, -0.2) is 20.9 Å². The third-order valence-corrected chi connectivity index (χ3v) is 4.64. The Balaban J connectivity index is 2.37. The van der Waals surface area contributed by atoms with E-state index in [1.807, 2.05) is 0 Å². The summed E-state index contributed by atoms with van der Waals surface area (Å²) in [6.07, 6.45) is -10.3. The summed E-state index contributed by atoms with van der Waals surface area (Å²) < 4.78 is 106. The Labute approximate surface area is 160 Å². The van der Waals surface area contributed by atoms with Gasteiger partial charge in [-0.1, -0.05) is 0 Å². The average molecular weight is 442 g/mol. The number of nitrogens with two attached hydrogens (primary N) is 1. The predicted octanol–water partition coefficient (Wildman–Crippen LogP) is 3.39.